The standard InChI is InChI=1S/C25H31ClN6O3.C2H6/c1-4-16(2)32-20-9-8-18(12-17(20)13-21(24(32)34)35-15-22(33)27-3)29-23-19(26)14-28-25(30-23)31-10-6-5-7-11-31;1-2/h8-9,12-14,16H,4-7,10-11,15H2,1-3H3,(H,27,33)(H,28,29,30);1-2H3. The topological polar surface area (TPSA) is 101 Å². The molecule has 1 unspecified atom stereocenters. The van der Waals surface area contributed by atoms with Crippen molar-refractivity contribution in [2.24, 2.45) is 0 Å². The number of hydrogen-bond acceptors (Lipinski definition) is 7. The largest absolute Gasteiger partial charge is 0.478 e. The van der Waals surface area contributed by atoms with Gasteiger partial charge in [0.25, 0.3) is 11.5 Å². The Kier molecular flexibility index (Phi) is 10.1. The summed E-state index contributed by atoms with van der Waals surface area (Å²) in [7, 11) is 1.52. The van der Waals surface area contributed by atoms with E-state index in [-0.39, 0.29) is 29.9 Å². The van der Waals surface area contributed by atoms with Gasteiger partial charge in [-0.25, -0.2) is 4.98 Å². The van der Waals surface area contributed by atoms with Gasteiger partial charge in [-0.05, 0) is 56.9 Å². The molecule has 0 radical (unpaired) electrons. The van der Waals surface area contributed by atoms with Gasteiger partial charge in [-0.1, -0.05) is 32.4 Å². The van der Waals surface area contributed by atoms with Crippen LogP contribution in [0.1, 0.15) is 59.4 Å². The quantitative estimate of drug-likeness (QED) is 0.409. The van der Waals surface area contributed by atoms with Gasteiger partial charge in [0.05, 0.1) is 11.7 Å². The third-order valence-electron chi connectivity index (χ3n) is 6.31. The molecule has 3 heterocycles. The van der Waals surface area contributed by atoms with Crippen LogP contribution in [0.4, 0.5) is 17.5 Å². The summed E-state index contributed by atoms with van der Waals surface area (Å²) in [5.74, 6) is 1.00. The molecule has 1 aliphatic heterocycles. The summed E-state index contributed by atoms with van der Waals surface area (Å²) in [6, 6.07) is 7.33. The number of aromatic nitrogens is 3. The molecule has 1 amide bonds. The average Bonchev–Trinajstić information content (AvgIpc) is 2.94. The normalized spacial score (nSPS) is 13.9. The lowest BCUT2D eigenvalue weighted by Gasteiger charge is -2.27. The van der Waals surface area contributed by atoms with E-state index in [1.807, 2.05) is 45.9 Å². The van der Waals surface area contributed by atoms with E-state index in [0.29, 0.717) is 16.8 Å². The number of fused-ring (bicyclic) bond motifs is 1. The molecule has 0 saturated carbocycles. The minimum atomic E-state index is -0.307. The van der Waals surface area contributed by atoms with Gasteiger partial charge >= 0.3 is 0 Å². The fraction of sp³-hybridized carbons (Fsp3) is 0.481. The molecular weight excluding hydrogens is 492 g/mol. The summed E-state index contributed by atoms with van der Waals surface area (Å²) < 4.78 is 7.29. The lowest BCUT2D eigenvalue weighted by molar-refractivity contribution is -0.122. The summed E-state index contributed by atoms with van der Waals surface area (Å²) in [5, 5.41) is 7.01. The number of rotatable bonds is 8. The van der Waals surface area contributed by atoms with Crippen molar-refractivity contribution in [3.05, 3.63) is 45.8 Å². The van der Waals surface area contributed by atoms with E-state index in [4.69, 9.17) is 16.3 Å². The average molecular weight is 529 g/mol. The number of ether oxygens (including phenoxy) is 1. The molecule has 0 bridgehead atoms. The highest BCUT2D eigenvalue weighted by Gasteiger charge is 2.18. The molecule has 0 aliphatic carbocycles. The van der Waals surface area contributed by atoms with E-state index in [0.717, 1.165) is 48.9 Å². The highest BCUT2D eigenvalue weighted by atomic mass is 35.5. The molecule has 2 N–H and O–H groups in total. The predicted octanol–water partition coefficient (Wildman–Crippen LogP) is 5.30. The molecule has 10 heteroatoms. The maximum absolute atomic E-state index is 13.1. The second-order valence-corrected chi connectivity index (χ2v) is 9.12. The first-order valence-electron chi connectivity index (χ1n) is 13.0. The number of likely N-dealkylation sites (N-methyl/N-ethyl adjacent to an activating group) is 1. The third kappa shape index (κ3) is 6.71. The Hall–Kier alpha value is -3.33. The molecule has 2 aromatic heterocycles. The number of nitrogens with zero attached hydrogens (tertiary/aromatic N) is 4. The SMILES string of the molecule is CC.CCC(C)n1c(=O)c(OCC(=O)NC)cc2cc(Nc3nc(N4CCCCC4)ncc3Cl)ccc21. The Morgan fingerprint density at radius 2 is 1.92 bits per heavy atom. The zero-order chi connectivity index (χ0) is 26.9. The molecule has 37 heavy (non-hydrogen) atoms. The van der Waals surface area contributed by atoms with Crippen molar-refractivity contribution < 1.29 is 9.53 Å². The first-order valence-corrected chi connectivity index (χ1v) is 13.4. The van der Waals surface area contributed by atoms with Crippen molar-refractivity contribution in [3.63, 3.8) is 0 Å². The van der Waals surface area contributed by atoms with Crippen LogP contribution < -0.4 is 25.8 Å². The predicted molar refractivity (Wildman–Crippen MR) is 151 cm³/mol. The molecule has 1 saturated heterocycles. The van der Waals surface area contributed by atoms with Crippen molar-refractivity contribution >= 4 is 45.9 Å². The maximum atomic E-state index is 13.1. The zero-order valence-corrected chi connectivity index (χ0v) is 23.1. The van der Waals surface area contributed by atoms with Gasteiger partial charge in [-0.2, -0.15) is 4.98 Å². The number of anilines is 3. The smallest absolute Gasteiger partial charge is 0.293 e. The number of piperidine rings is 1. The molecule has 1 aliphatic rings. The summed E-state index contributed by atoms with van der Waals surface area (Å²) in [6.45, 7) is 9.64. The van der Waals surface area contributed by atoms with Crippen molar-refractivity contribution in [2.75, 3.05) is 37.0 Å². The van der Waals surface area contributed by atoms with Gasteiger partial charge < -0.3 is 24.8 Å². The van der Waals surface area contributed by atoms with Crippen LogP contribution in [-0.2, 0) is 4.79 Å². The minimum absolute atomic E-state index is 0.0456. The van der Waals surface area contributed by atoms with E-state index in [9.17, 15) is 9.59 Å². The second kappa shape index (κ2) is 13.3. The van der Waals surface area contributed by atoms with Crippen LogP contribution in [0.2, 0.25) is 5.02 Å². The Balaban J connectivity index is 0.00000186. The minimum Gasteiger partial charge on any atom is -0.478 e. The third-order valence-corrected chi connectivity index (χ3v) is 6.58. The number of benzene rings is 1. The number of pyridine rings is 1. The van der Waals surface area contributed by atoms with Gasteiger partial charge in [0.2, 0.25) is 5.95 Å². The Morgan fingerprint density at radius 3 is 2.59 bits per heavy atom. The highest BCUT2D eigenvalue weighted by Crippen LogP contribution is 2.29. The molecule has 200 valence electrons. The molecule has 1 fully saturated rings. The van der Waals surface area contributed by atoms with Gasteiger partial charge in [0.1, 0.15) is 5.02 Å². The lowest BCUT2D eigenvalue weighted by atomic mass is 10.1. The van der Waals surface area contributed by atoms with Crippen LogP contribution in [-0.4, -0.2) is 47.2 Å². The Morgan fingerprint density at radius 1 is 1.19 bits per heavy atom. The maximum Gasteiger partial charge on any atom is 0.293 e. The van der Waals surface area contributed by atoms with E-state index in [1.165, 1.54) is 13.5 Å². The molecule has 3 aromatic rings. The molecule has 1 aromatic carbocycles. The second-order valence-electron chi connectivity index (χ2n) is 8.72. The highest BCUT2D eigenvalue weighted by molar-refractivity contribution is 6.32. The van der Waals surface area contributed by atoms with Crippen molar-refractivity contribution in [1.82, 2.24) is 19.9 Å². The van der Waals surface area contributed by atoms with Gasteiger partial charge in [-0.3, -0.25) is 9.59 Å². The van der Waals surface area contributed by atoms with Crippen LogP contribution in [0, 0.1) is 0 Å². The van der Waals surface area contributed by atoms with Crippen LogP contribution in [0.25, 0.3) is 10.9 Å². The first kappa shape index (κ1) is 28.2. The molecule has 1 atom stereocenters. The summed E-state index contributed by atoms with van der Waals surface area (Å²) in [5.41, 5.74) is 1.28. The monoisotopic (exact) mass is 528 g/mol. The van der Waals surface area contributed by atoms with Crippen molar-refractivity contribution in [2.45, 2.75) is 59.4 Å². The molecule has 9 nitrogen and oxygen atoms in total. The van der Waals surface area contributed by atoms with Crippen LogP contribution in [0.5, 0.6) is 5.75 Å². The van der Waals surface area contributed by atoms with Crippen molar-refractivity contribution in [3.8, 4) is 5.75 Å². The van der Waals surface area contributed by atoms with Crippen LogP contribution >= 0.6 is 11.6 Å². The number of nitrogens with one attached hydrogen (secondary N) is 2. The van der Waals surface area contributed by atoms with Crippen LogP contribution in [0.15, 0.2) is 35.3 Å². The van der Waals surface area contributed by atoms with Gasteiger partial charge in [0, 0.05) is 37.3 Å². The Bertz CT molecular complexity index is 1270. The lowest BCUT2D eigenvalue weighted by Crippen LogP contribution is -2.31. The summed E-state index contributed by atoms with van der Waals surface area (Å²) >= 11 is 6.41. The first-order chi connectivity index (χ1) is 17.9. The number of halogens is 1. The Labute approximate surface area is 223 Å². The molecule has 4 rings (SSSR count). The van der Waals surface area contributed by atoms with E-state index < -0.39 is 0 Å². The van der Waals surface area contributed by atoms with E-state index >= 15 is 0 Å². The van der Waals surface area contributed by atoms with Crippen LogP contribution in [0.3, 0.4) is 0 Å². The summed E-state index contributed by atoms with van der Waals surface area (Å²) in [4.78, 5) is 36.1. The number of carbonyl (C=O) groups is 1. The fourth-order valence-corrected chi connectivity index (χ4v) is 4.30. The van der Waals surface area contributed by atoms with Gasteiger partial charge in [-0.15, -0.1) is 0 Å². The number of hydrogen-bond donors (Lipinski definition) is 2. The zero-order valence-electron chi connectivity index (χ0n) is 22.3. The van der Waals surface area contributed by atoms with Gasteiger partial charge in [0.15, 0.2) is 18.2 Å². The molecule has 0 spiro atoms. The fourth-order valence-electron chi connectivity index (χ4n) is 4.17. The number of amides is 1. The van der Waals surface area contributed by atoms with Crippen molar-refractivity contribution in [1.29, 1.82) is 0 Å². The molecular formula is C27H37ClN6O3. The van der Waals surface area contributed by atoms with E-state index in [1.54, 1.807) is 16.8 Å². The van der Waals surface area contributed by atoms with E-state index in [2.05, 4.69) is 25.5 Å². The number of carbonyl (C=O) groups excluding carboxylic acids is 1. The summed E-state index contributed by atoms with van der Waals surface area (Å²) in [6.07, 6.45) is 5.86.